The maximum absolute atomic E-state index is 5.07. The number of nitrogens with zero attached hydrogens (tertiary/aromatic N) is 5. The lowest BCUT2D eigenvalue weighted by Gasteiger charge is -2.36. The Bertz CT molecular complexity index is 1280. The maximum Gasteiger partial charge on any atom is 0.165 e. The Balaban J connectivity index is 1.43. The van der Waals surface area contributed by atoms with E-state index in [1.807, 2.05) is 0 Å². The van der Waals surface area contributed by atoms with Crippen molar-refractivity contribution in [1.29, 1.82) is 0 Å². The van der Waals surface area contributed by atoms with Gasteiger partial charge in [0.2, 0.25) is 0 Å². The number of aromatic nitrogens is 3. The summed E-state index contributed by atoms with van der Waals surface area (Å²) in [7, 11) is 0. The monoisotopic (exact) mass is 453 g/mol. The molecule has 5 nitrogen and oxygen atoms in total. The minimum absolute atomic E-state index is 0.974. The summed E-state index contributed by atoms with van der Waals surface area (Å²) in [5.41, 5.74) is 9.65. The molecule has 3 heterocycles. The number of hydrogen-bond acceptors (Lipinski definition) is 4. The van der Waals surface area contributed by atoms with Gasteiger partial charge in [0.05, 0.1) is 5.69 Å². The van der Waals surface area contributed by atoms with Crippen LogP contribution in [0.4, 0.5) is 5.82 Å². The first-order valence-electron chi connectivity index (χ1n) is 12.5. The Hall–Kier alpha value is -3.18. The topological polar surface area (TPSA) is 36.7 Å². The van der Waals surface area contributed by atoms with Gasteiger partial charge in [-0.1, -0.05) is 67.4 Å². The number of rotatable bonds is 6. The molecule has 0 aliphatic carbocycles. The predicted octanol–water partition coefficient (Wildman–Crippen LogP) is 5.60. The fraction of sp³-hybridized carbons (Fsp3) is 0.379. The second-order valence-electron chi connectivity index (χ2n) is 9.61. The summed E-state index contributed by atoms with van der Waals surface area (Å²) in [6.45, 7) is 13.8. The van der Waals surface area contributed by atoms with Crippen LogP contribution in [0.1, 0.15) is 41.4 Å². The van der Waals surface area contributed by atoms with Gasteiger partial charge in [0.25, 0.3) is 0 Å². The molecule has 176 valence electrons. The first kappa shape index (κ1) is 22.6. The molecule has 2 aromatic heterocycles. The van der Waals surface area contributed by atoms with Crippen molar-refractivity contribution in [3.63, 3.8) is 0 Å². The van der Waals surface area contributed by atoms with Crippen LogP contribution in [0.2, 0.25) is 0 Å². The molecule has 4 aromatic rings. The largest absolute Gasteiger partial charge is 0.354 e. The molecule has 0 bridgehead atoms. The molecular formula is C29H35N5. The third kappa shape index (κ3) is 4.45. The third-order valence-corrected chi connectivity index (χ3v) is 6.96. The van der Waals surface area contributed by atoms with Crippen LogP contribution in [0.25, 0.3) is 16.8 Å². The summed E-state index contributed by atoms with van der Waals surface area (Å²) >= 11 is 0. The highest BCUT2D eigenvalue weighted by atomic mass is 15.4. The first-order valence-corrected chi connectivity index (χ1v) is 12.5. The molecular weight excluding hydrogens is 418 g/mol. The standard InChI is InChI=1S/C29H35N5/c1-5-9-26-19-27(34-29(30-26)28(23(4)31-34)24-10-7-6-8-11-24)33-16-14-32(15-17-33)20-25-13-12-21(2)18-22(25)3/h6-8,10-13,18-19H,5,9,14-17,20H2,1-4H3. The number of piperazine rings is 1. The molecule has 5 rings (SSSR count). The molecule has 5 heteroatoms. The molecule has 34 heavy (non-hydrogen) atoms. The lowest BCUT2D eigenvalue weighted by atomic mass is 10.1. The summed E-state index contributed by atoms with van der Waals surface area (Å²) in [6, 6.07) is 19.6. The minimum Gasteiger partial charge on any atom is -0.354 e. The Labute approximate surface area is 203 Å². The second-order valence-corrected chi connectivity index (χ2v) is 9.61. The highest BCUT2D eigenvalue weighted by Crippen LogP contribution is 2.31. The molecule has 0 unspecified atom stereocenters. The molecule has 0 spiro atoms. The number of hydrogen-bond donors (Lipinski definition) is 0. The highest BCUT2D eigenvalue weighted by molar-refractivity contribution is 5.81. The van der Waals surface area contributed by atoms with Crippen LogP contribution in [-0.2, 0) is 13.0 Å². The average Bonchev–Trinajstić information content (AvgIpc) is 3.17. The number of benzene rings is 2. The van der Waals surface area contributed by atoms with Crippen LogP contribution in [0.3, 0.4) is 0 Å². The van der Waals surface area contributed by atoms with Crippen molar-refractivity contribution in [2.24, 2.45) is 0 Å². The summed E-state index contributed by atoms with van der Waals surface area (Å²) in [5, 5.41) is 4.97. The molecule has 2 aromatic carbocycles. The number of anilines is 1. The molecule has 0 saturated carbocycles. The van der Waals surface area contributed by atoms with E-state index in [4.69, 9.17) is 10.1 Å². The molecule has 0 N–H and O–H groups in total. The van der Waals surface area contributed by atoms with Gasteiger partial charge in [-0.05, 0) is 43.9 Å². The molecule has 0 radical (unpaired) electrons. The van der Waals surface area contributed by atoms with Gasteiger partial charge in [0.1, 0.15) is 5.82 Å². The zero-order chi connectivity index (χ0) is 23.7. The Morgan fingerprint density at radius 3 is 2.35 bits per heavy atom. The summed E-state index contributed by atoms with van der Waals surface area (Å²) in [6.07, 6.45) is 2.06. The maximum atomic E-state index is 5.07. The van der Waals surface area contributed by atoms with E-state index in [-0.39, 0.29) is 0 Å². The average molecular weight is 454 g/mol. The fourth-order valence-electron chi connectivity index (χ4n) is 5.11. The van der Waals surface area contributed by atoms with Crippen LogP contribution in [0, 0.1) is 20.8 Å². The molecule has 0 amide bonds. The van der Waals surface area contributed by atoms with Crippen molar-refractivity contribution in [2.75, 3.05) is 31.1 Å². The van der Waals surface area contributed by atoms with Crippen LogP contribution in [-0.4, -0.2) is 45.7 Å². The summed E-state index contributed by atoms with van der Waals surface area (Å²) in [5.74, 6) is 1.17. The molecule has 1 fully saturated rings. The fourth-order valence-corrected chi connectivity index (χ4v) is 5.11. The Kier molecular flexibility index (Phi) is 6.38. The van der Waals surface area contributed by atoms with E-state index in [9.17, 15) is 0 Å². The van der Waals surface area contributed by atoms with Gasteiger partial charge in [0, 0.05) is 50.0 Å². The minimum atomic E-state index is 0.974. The lowest BCUT2D eigenvalue weighted by Crippen LogP contribution is -2.46. The van der Waals surface area contributed by atoms with Crippen molar-refractivity contribution in [2.45, 2.75) is 47.1 Å². The van der Waals surface area contributed by atoms with Crippen molar-refractivity contribution in [1.82, 2.24) is 19.5 Å². The quantitative estimate of drug-likeness (QED) is 0.381. The van der Waals surface area contributed by atoms with Gasteiger partial charge >= 0.3 is 0 Å². The second kappa shape index (κ2) is 9.59. The first-order chi connectivity index (χ1) is 16.5. The number of fused-ring (bicyclic) bond motifs is 1. The Morgan fingerprint density at radius 1 is 0.882 bits per heavy atom. The Morgan fingerprint density at radius 2 is 1.65 bits per heavy atom. The number of aryl methyl sites for hydroxylation is 4. The zero-order valence-corrected chi connectivity index (χ0v) is 20.9. The highest BCUT2D eigenvalue weighted by Gasteiger charge is 2.23. The van der Waals surface area contributed by atoms with Crippen molar-refractivity contribution in [3.05, 3.63) is 82.7 Å². The summed E-state index contributed by atoms with van der Waals surface area (Å²) < 4.78 is 2.08. The zero-order valence-electron chi connectivity index (χ0n) is 20.9. The predicted molar refractivity (Wildman–Crippen MR) is 141 cm³/mol. The smallest absolute Gasteiger partial charge is 0.165 e. The molecule has 1 saturated heterocycles. The van der Waals surface area contributed by atoms with E-state index >= 15 is 0 Å². The molecule has 1 aliphatic heterocycles. The van der Waals surface area contributed by atoms with Crippen LogP contribution >= 0.6 is 0 Å². The lowest BCUT2D eigenvalue weighted by molar-refractivity contribution is 0.248. The van der Waals surface area contributed by atoms with Crippen molar-refractivity contribution >= 4 is 11.5 Å². The van der Waals surface area contributed by atoms with Crippen LogP contribution < -0.4 is 4.90 Å². The van der Waals surface area contributed by atoms with Gasteiger partial charge in [-0.2, -0.15) is 9.61 Å². The third-order valence-electron chi connectivity index (χ3n) is 6.96. The van der Waals surface area contributed by atoms with E-state index < -0.39 is 0 Å². The van der Waals surface area contributed by atoms with Crippen LogP contribution in [0.15, 0.2) is 54.6 Å². The van der Waals surface area contributed by atoms with E-state index in [0.29, 0.717) is 0 Å². The van der Waals surface area contributed by atoms with E-state index in [2.05, 4.69) is 96.6 Å². The van der Waals surface area contributed by atoms with E-state index in [0.717, 1.165) is 68.2 Å². The van der Waals surface area contributed by atoms with Gasteiger partial charge in [-0.25, -0.2) is 4.98 Å². The van der Waals surface area contributed by atoms with E-state index in [1.54, 1.807) is 0 Å². The van der Waals surface area contributed by atoms with Gasteiger partial charge in [-0.15, -0.1) is 0 Å². The van der Waals surface area contributed by atoms with Crippen molar-refractivity contribution < 1.29 is 0 Å². The van der Waals surface area contributed by atoms with Gasteiger partial charge < -0.3 is 4.90 Å². The van der Waals surface area contributed by atoms with E-state index in [1.165, 1.54) is 28.1 Å². The van der Waals surface area contributed by atoms with Gasteiger partial charge in [0.15, 0.2) is 5.65 Å². The van der Waals surface area contributed by atoms with Crippen LogP contribution in [0.5, 0.6) is 0 Å². The molecule has 0 atom stereocenters. The summed E-state index contributed by atoms with van der Waals surface area (Å²) in [4.78, 5) is 10.1. The SMILES string of the molecule is CCCc1cc(N2CCN(Cc3ccc(C)cc3C)CC2)n2nc(C)c(-c3ccccc3)c2n1. The van der Waals surface area contributed by atoms with Gasteiger partial charge in [-0.3, -0.25) is 4.90 Å². The van der Waals surface area contributed by atoms with Crippen molar-refractivity contribution in [3.8, 4) is 11.1 Å². The normalized spacial score (nSPS) is 14.8. The molecule has 1 aliphatic rings.